The Balaban J connectivity index is 1.76. The molecule has 0 aromatic heterocycles. The maximum Gasteiger partial charge on any atom is 0.252 e. The predicted molar refractivity (Wildman–Crippen MR) is 90.3 cm³/mol. The fourth-order valence-corrected chi connectivity index (χ4v) is 3.29. The lowest BCUT2D eigenvalue weighted by molar-refractivity contribution is 0.0939. The van der Waals surface area contributed by atoms with E-state index in [1.165, 1.54) is 41.5 Å². The lowest BCUT2D eigenvalue weighted by Crippen LogP contribution is -2.27. The van der Waals surface area contributed by atoms with Gasteiger partial charge >= 0.3 is 0 Å². The number of carbonyl (C=O) groups excluding carboxylic acids is 1. The summed E-state index contributed by atoms with van der Waals surface area (Å²) < 4.78 is 0. The smallest absolute Gasteiger partial charge is 0.252 e. The van der Waals surface area contributed by atoms with Crippen molar-refractivity contribution in [3.8, 4) is 0 Å². The summed E-state index contributed by atoms with van der Waals surface area (Å²) in [7, 11) is 0. The standard InChI is InChI=1S/C20H23NO/c1-13-7-10-19(14(2)11-13)20(22)21-15(3)17-9-8-16-5-4-6-18(16)12-17/h7-12,15H,4-6H2,1-3H3,(H,21,22)/t15-/m0/s1. The van der Waals surface area contributed by atoms with E-state index in [-0.39, 0.29) is 11.9 Å². The number of benzene rings is 2. The minimum Gasteiger partial charge on any atom is -0.346 e. The first kappa shape index (κ1) is 14.8. The molecular weight excluding hydrogens is 270 g/mol. The maximum atomic E-state index is 12.5. The molecule has 0 heterocycles. The fraction of sp³-hybridized carbons (Fsp3) is 0.350. The molecule has 1 aliphatic rings. The molecule has 2 aromatic carbocycles. The van der Waals surface area contributed by atoms with E-state index in [4.69, 9.17) is 0 Å². The monoisotopic (exact) mass is 293 g/mol. The first-order valence-corrected chi connectivity index (χ1v) is 8.04. The van der Waals surface area contributed by atoms with Crippen molar-refractivity contribution in [2.24, 2.45) is 0 Å². The highest BCUT2D eigenvalue weighted by Gasteiger charge is 2.16. The summed E-state index contributed by atoms with van der Waals surface area (Å²) in [5.74, 6) is 0.00509. The summed E-state index contributed by atoms with van der Waals surface area (Å²) in [4.78, 5) is 12.5. The zero-order chi connectivity index (χ0) is 15.7. The lowest BCUT2D eigenvalue weighted by Gasteiger charge is -2.16. The molecule has 0 saturated carbocycles. The van der Waals surface area contributed by atoms with E-state index in [0.717, 1.165) is 11.1 Å². The molecule has 0 spiro atoms. The Kier molecular flexibility index (Phi) is 4.02. The van der Waals surface area contributed by atoms with Crippen LogP contribution in [-0.2, 0) is 12.8 Å². The van der Waals surface area contributed by atoms with Crippen LogP contribution in [0.2, 0.25) is 0 Å². The van der Waals surface area contributed by atoms with E-state index >= 15 is 0 Å². The molecule has 0 radical (unpaired) electrons. The van der Waals surface area contributed by atoms with Gasteiger partial charge in [-0.2, -0.15) is 0 Å². The van der Waals surface area contributed by atoms with Gasteiger partial charge in [0.2, 0.25) is 0 Å². The number of rotatable bonds is 3. The Labute approximate surface area is 132 Å². The second-order valence-corrected chi connectivity index (χ2v) is 6.40. The summed E-state index contributed by atoms with van der Waals surface area (Å²) in [6.45, 7) is 6.09. The van der Waals surface area contributed by atoms with Crippen molar-refractivity contribution in [3.05, 3.63) is 69.8 Å². The first-order chi connectivity index (χ1) is 10.5. The zero-order valence-electron chi connectivity index (χ0n) is 13.6. The predicted octanol–water partition coefficient (Wildman–Crippen LogP) is 4.28. The summed E-state index contributed by atoms with van der Waals surface area (Å²) in [5.41, 5.74) is 7.08. The van der Waals surface area contributed by atoms with Crippen molar-refractivity contribution in [2.45, 2.75) is 46.1 Å². The molecule has 2 aromatic rings. The molecule has 2 heteroatoms. The number of amides is 1. The van der Waals surface area contributed by atoms with Gasteiger partial charge in [0.15, 0.2) is 0 Å². The highest BCUT2D eigenvalue weighted by molar-refractivity contribution is 5.95. The number of carbonyl (C=O) groups is 1. The maximum absolute atomic E-state index is 12.5. The van der Waals surface area contributed by atoms with Gasteiger partial charge in [0.05, 0.1) is 6.04 Å². The minimum atomic E-state index is 0.00509. The Hall–Kier alpha value is -2.09. The molecule has 1 atom stereocenters. The van der Waals surface area contributed by atoms with Crippen LogP contribution in [-0.4, -0.2) is 5.91 Å². The topological polar surface area (TPSA) is 29.1 Å². The third-order valence-electron chi connectivity index (χ3n) is 4.60. The van der Waals surface area contributed by atoms with Gasteiger partial charge in [-0.3, -0.25) is 4.79 Å². The molecule has 0 fully saturated rings. The second-order valence-electron chi connectivity index (χ2n) is 6.40. The SMILES string of the molecule is Cc1ccc(C(=O)N[C@@H](C)c2ccc3c(c2)CCC3)c(C)c1. The van der Waals surface area contributed by atoms with Crippen molar-refractivity contribution >= 4 is 5.91 Å². The summed E-state index contributed by atoms with van der Waals surface area (Å²) in [6.07, 6.45) is 3.61. The van der Waals surface area contributed by atoms with E-state index in [2.05, 4.69) is 36.5 Å². The molecule has 0 unspecified atom stereocenters. The zero-order valence-corrected chi connectivity index (χ0v) is 13.6. The van der Waals surface area contributed by atoms with E-state index in [1.54, 1.807) is 0 Å². The largest absolute Gasteiger partial charge is 0.346 e. The minimum absolute atomic E-state index is 0.00509. The molecule has 0 saturated heterocycles. The van der Waals surface area contributed by atoms with Gasteiger partial charge in [0.1, 0.15) is 0 Å². The van der Waals surface area contributed by atoms with Gasteiger partial charge in [-0.15, -0.1) is 0 Å². The van der Waals surface area contributed by atoms with Crippen molar-refractivity contribution in [3.63, 3.8) is 0 Å². The number of aryl methyl sites for hydroxylation is 4. The lowest BCUT2D eigenvalue weighted by atomic mass is 10.0. The normalized spacial score (nSPS) is 14.5. The molecule has 0 aliphatic heterocycles. The average molecular weight is 293 g/mol. The number of nitrogens with one attached hydrogen (secondary N) is 1. The van der Waals surface area contributed by atoms with Crippen LogP contribution < -0.4 is 5.32 Å². The van der Waals surface area contributed by atoms with Gasteiger partial charge in [-0.05, 0) is 68.4 Å². The highest BCUT2D eigenvalue weighted by Crippen LogP contribution is 2.25. The molecule has 1 aliphatic carbocycles. The van der Waals surface area contributed by atoms with Gasteiger partial charge in [-0.25, -0.2) is 0 Å². The van der Waals surface area contributed by atoms with Crippen LogP contribution in [0, 0.1) is 13.8 Å². The van der Waals surface area contributed by atoms with Crippen LogP contribution in [0.25, 0.3) is 0 Å². The van der Waals surface area contributed by atoms with E-state index in [9.17, 15) is 4.79 Å². The Morgan fingerprint density at radius 2 is 1.82 bits per heavy atom. The molecule has 2 nitrogen and oxygen atoms in total. The van der Waals surface area contributed by atoms with E-state index in [1.807, 2.05) is 26.0 Å². The van der Waals surface area contributed by atoms with Gasteiger partial charge in [0, 0.05) is 5.56 Å². The number of fused-ring (bicyclic) bond motifs is 1. The molecule has 114 valence electrons. The summed E-state index contributed by atoms with van der Waals surface area (Å²) >= 11 is 0. The molecule has 22 heavy (non-hydrogen) atoms. The third-order valence-corrected chi connectivity index (χ3v) is 4.60. The third kappa shape index (κ3) is 2.92. The van der Waals surface area contributed by atoms with Gasteiger partial charge in [-0.1, -0.05) is 35.9 Å². The van der Waals surface area contributed by atoms with Crippen LogP contribution in [0.3, 0.4) is 0 Å². The van der Waals surface area contributed by atoms with E-state index < -0.39 is 0 Å². The van der Waals surface area contributed by atoms with Gasteiger partial charge in [0.25, 0.3) is 5.91 Å². The summed E-state index contributed by atoms with van der Waals surface area (Å²) in [5, 5.41) is 3.13. The molecular formula is C20H23NO. The average Bonchev–Trinajstić information content (AvgIpc) is 2.94. The van der Waals surface area contributed by atoms with Crippen molar-refractivity contribution in [2.75, 3.05) is 0 Å². The number of hydrogen-bond acceptors (Lipinski definition) is 1. The fourth-order valence-electron chi connectivity index (χ4n) is 3.29. The Bertz CT molecular complexity index is 718. The van der Waals surface area contributed by atoms with Crippen LogP contribution >= 0.6 is 0 Å². The van der Waals surface area contributed by atoms with Crippen molar-refractivity contribution < 1.29 is 4.79 Å². The second kappa shape index (κ2) is 5.96. The van der Waals surface area contributed by atoms with Crippen molar-refractivity contribution in [1.82, 2.24) is 5.32 Å². The van der Waals surface area contributed by atoms with Crippen LogP contribution in [0.4, 0.5) is 0 Å². The van der Waals surface area contributed by atoms with E-state index in [0.29, 0.717) is 0 Å². The van der Waals surface area contributed by atoms with Gasteiger partial charge < -0.3 is 5.32 Å². The Morgan fingerprint density at radius 3 is 2.59 bits per heavy atom. The number of hydrogen-bond donors (Lipinski definition) is 1. The molecule has 3 rings (SSSR count). The van der Waals surface area contributed by atoms with Crippen LogP contribution in [0.1, 0.15) is 57.6 Å². The highest BCUT2D eigenvalue weighted by atomic mass is 16.1. The molecule has 1 N–H and O–H groups in total. The van der Waals surface area contributed by atoms with Crippen LogP contribution in [0.5, 0.6) is 0 Å². The molecule has 0 bridgehead atoms. The van der Waals surface area contributed by atoms with Crippen molar-refractivity contribution in [1.29, 1.82) is 0 Å². The quantitative estimate of drug-likeness (QED) is 0.899. The molecule has 1 amide bonds. The Morgan fingerprint density at radius 1 is 1.05 bits per heavy atom. The van der Waals surface area contributed by atoms with Crippen LogP contribution in [0.15, 0.2) is 36.4 Å². The summed E-state index contributed by atoms with van der Waals surface area (Å²) in [6, 6.07) is 12.6. The first-order valence-electron chi connectivity index (χ1n) is 8.04.